The first-order valence-corrected chi connectivity index (χ1v) is 13.6. The van der Waals surface area contributed by atoms with Crippen molar-refractivity contribution in [1.82, 2.24) is 19.8 Å². The molecule has 7 nitrogen and oxygen atoms in total. The summed E-state index contributed by atoms with van der Waals surface area (Å²) < 4.78 is 0. The number of carbonyl (C=O) groups is 1. The molecule has 3 heterocycles. The minimum Gasteiger partial charge on any atom is -0.321 e. The van der Waals surface area contributed by atoms with Crippen LogP contribution >= 0.6 is 11.6 Å². The number of fused-ring (bicyclic) bond motifs is 1. The number of aromatic nitrogens is 1. The number of nitrogens with zero attached hydrogens (tertiary/aromatic N) is 4. The molecule has 0 saturated carbocycles. The fourth-order valence-electron chi connectivity index (χ4n) is 5.54. The lowest BCUT2D eigenvalue weighted by Crippen LogP contribution is -2.48. The van der Waals surface area contributed by atoms with E-state index in [-0.39, 0.29) is 17.5 Å². The quantitative estimate of drug-likeness (QED) is 0.396. The highest BCUT2D eigenvalue weighted by Crippen LogP contribution is 2.37. The zero-order chi connectivity index (χ0) is 26.9. The Morgan fingerprint density at radius 3 is 2.36 bits per heavy atom. The number of hydrazone groups is 1. The first kappa shape index (κ1) is 25.5. The molecule has 0 aliphatic carbocycles. The fourth-order valence-corrected chi connectivity index (χ4v) is 5.71. The van der Waals surface area contributed by atoms with Crippen LogP contribution in [0.2, 0.25) is 5.02 Å². The van der Waals surface area contributed by atoms with Gasteiger partial charge < -0.3 is 9.88 Å². The summed E-state index contributed by atoms with van der Waals surface area (Å²) in [5.41, 5.74) is 4.20. The molecule has 4 aromatic rings. The molecule has 0 bridgehead atoms. The van der Waals surface area contributed by atoms with E-state index in [1.807, 2.05) is 72.8 Å². The van der Waals surface area contributed by atoms with Crippen LogP contribution in [-0.4, -0.2) is 71.2 Å². The van der Waals surface area contributed by atoms with Gasteiger partial charge in [0.15, 0.2) is 0 Å². The Morgan fingerprint density at radius 2 is 1.64 bits per heavy atom. The number of carbonyl (C=O) groups excluding carboxylic acids is 1. The van der Waals surface area contributed by atoms with E-state index in [2.05, 4.69) is 21.8 Å². The molecule has 1 amide bonds. The maximum atomic E-state index is 13.7. The van der Waals surface area contributed by atoms with Gasteiger partial charge in [-0.1, -0.05) is 72.3 Å². The third kappa shape index (κ3) is 5.13. The molecule has 1 saturated heterocycles. The van der Waals surface area contributed by atoms with Crippen molar-refractivity contribution in [3.05, 3.63) is 105 Å². The Labute approximate surface area is 232 Å². The predicted octanol–water partition coefficient (Wildman–Crippen LogP) is 4.77. The van der Waals surface area contributed by atoms with Gasteiger partial charge in [-0.05, 0) is 36.4 Å². The standard InChI is InChI=1S/C31H30ClN5O2/c1-35-14-16-36(17-15-35)20-28(38)37-27(21-8-4-2-5-9-21)19-26(34-37)30-29(22-10-6-3-7-11-22)24-18-23(32)12-13-25(24)33-31(30)39/h2-13,18,27H,14-17,19-20H2,1H3,(H,33,39)/t27-/m1/s1. The van der Waals surface area contributed by atoms with Crippen molar-refractivity contribution in [3.8, 4) is 11.1 Å². The molecule has 39 heavy (non-hydrogen) atoms. The molecule has 198 valence electrons. The topological polar surface area (TPSA) is 72.0 Å². The van der Waals surface area contributed by atoms with Crippen LogP contribution in [0.15, 0.2) is 88.8 Å². The minimum atomic E-state index is -0.292. The lowest BCUT2D eigenvalue weighted by Gasteiger charge is -2.33. The molecule has 1 fully saturated rings. The number of benzene rings is 3. The number of likely N-dealkylation sites (N-methyl/N-ethyl adjacent to an activating group) is 1. The highest BCUT2D eigenvalue weighted by molar-refractivity contribution is 6.31. The van der Waals surface area contributed by atoms with Crippen LogP contribution in [0.25, 0.3) is 22.0 Å². The van der Waals surface area contributed by atoms with Gasteiger partial charge in [0.2, 0.25) is 0 Å². The van der Waals surface area contributed by atoms with Crippen molar-refractivity contribution in [2.45, 2.75) is 12.5 Å². The predicted molar refractivity (Wildman–Crippen MR) is 156 cm³/mol. The van der Waals surface area contributed by atoms with Gasteiger partial charge in [-0.15, -0.1) is 0 Å². The van der Waals surface area contributed by atoms with Crippen molar-refractivity contribution < 1.29 is 4.79 Å². The highest BCUT2D eigenvalue weighted by atomic mass is 35.5. The summed E-state index contributed by atoms with van der Waals surface area (Å²) >= 11 is 6.42. The molecule has 1 aromatic heterocycles. The Balaban J connectivity index is 1.46. The molecule has 1 N–H and O–H groups in total. The number of pyridine rings is 1. The van der Waals surface area contributed by atoms with Gasteiger partial charge in [0.25, 0.3) is 11.5 Å². The van der Waals surface area contributed by atoms with Crippen LogP contribution in [0.4, 0.5) is 0 Å². The van der Waals surface area contributed by atoms with Gasteiger partial charge in [0, 0.05) is 54.1 Å². The number of amides is 1. The third-order valence-electron chi connectivity index (χ3n) is 7.63. The summed E-state index contributed by atoms with van der Waals surface area (Å²) in [5.74, 6) is -0.0649. The SMILES string of the molecule is CN1CCN(CC(=O)N2N=C(c3c(-c4ccccc4)c4cc(Cl)ccc4[nH]c3=O)C[C@@H]2c2ccccc2)CC1. The highest BCUT2D eigenvalue weighted by Gasteiger charge is 2.36. The lowest BCUT2D eigenvalue weighted by molar-refractivity contribution is -0.134. The zero-order valence-corrected chi connectivity index (χ0v) is 22.6. The molecule has 0 unspecified atom stereocenters. The van der Waals surface area contributed by atoms with Crippen LogP contribution in [0.5, 0.6) is 0 Å². The fraction of sp³-hybridized carbons (Fsp3) is 0.258. The number of H-pyrrole nitrogens is 1. The van der Waals surface area contributed by atoms with E-state index in [1.54, 1.807) is 11.1 Å². The van der Waals surface area contributed by atoms with E-state index in [0.717, 1.165) is 48.3 Å². The molecule has 2 aliphatic heterocycles. The minimum absolute atomic E-state index is 0.0649. The number of halogens is 1. The number of piperazine rings is 1. The van der Waals surface area contributed by atoms with Crippen molar-refractivity contribution in [1.29, 1.82) is 0 Å². The molecule has 0 radical (unpaired) electrons. The number of rotatable bonds is 5. The van der Waals surface area contributed by atoms with E-state index in [9.17, 15) is 9.59 Å². The van der Waals surface area contributed by atoms with Crippen molar-refractivity contribution in [2.75, 3.05) is 39.8 Å². The third-order valence-corrected chi connectivity index (χ3v) is 7.87. The Kier molecular flexibility index (Phi) is 7.04. The van der Waals surface area contributed by atoms with Crippen molar-refractivity contribution in [2.24, 2.45) is 5.10 Å². The van der Waals surface area contributed by atoms with Crippen molar-refractivity contribution >= 4 is 34.1 Å². The summed E-state index contributed by atoms with van der Waals surface area (Å²) in [5, 5.41) is 7.90. The summed E-state index contributed by atoms with van der Waals surface area (Å²) in [6.45, 7) is 3.83. The number of hydrogen-bond donors (Lipinski definition) is 1. The second-order valence-electron chi connectivity index (χ2n) is 10.3. The van der Waals surface area contributed by atoms with Crippen LogP contribution in [-0.2, 0) is 4.79 Å². The summed E-state index contributed by atoms with van der Waals surface area (Å²) in [6.07, 6.45) is 0.438. The molecule has 1 atom stereocenters. The Hall–Kier alpha value is -3.78. The van der Waals surface area contributed by atoms with E-state index in [0.29, 0.717) is 34.8 Å². The average Bonchev–Trinajstić information content (AvgIpc) is 3.40. The number of hydrogen-bond acceptors (Lipinski definition) is 5. The lowest BCUT2D eigenvalue weighted by atomic mass is 9.91. The van der Waals surface area contributed by atoms with Crippen LogP contribution in [0, 0.1) is 0 Å². The van der Waals surface area contributed by atoms with E-state index >= 15 is 0 Å². The first-order valence-electron chi connectivity index (χ1n) is 13.2. The molecule has 0 spiro atoms. The second-order valence-corrected chi connectivity index (χ2v) is 10.7. The molecule has 3 aromatic carbocycles. The van der Waals surface area contributed by atoms with Gasteiger partial charge in [-0.25, -0.2) is 5.01 Å². The zero-order valence-electron chi connectivity index (χ0n) is 21.8. The molecule has 8 heteroatoms. The molecule has 2 aliphatic rings. The van der Waals surface area contributed by atoms with Crippen molar-refractivity contribution in [3.63, 3.8) is 0 Å². The van der Waals surface area contributed by atoms with E-state index < -0.39 is 0 Å². The van der Waals surface area contributed by atoms with Gasteiger partial charge in [0.1, 0.15) is 0 Å². The molecule has 6 rings (SSSR count). The van der Waals surface area contributed by atoms with Gasteiger partial charge in [-0.2, -0.15) is 5.10 Å². The second kappa shape index (κ2) is 10.8. The smallest absolute Gasteiger partial charge is 0.258 e. The Bertz CT molecular complexity index is 1590. The van der Waals surface area contributed by atoms with Gasteiger partial charge in [0.05, 0.1) is 23.9 Å². The summed E-state index contributed by atoms with van der Waals surface area (Å²) in [6, 6.07) is 24.9. The summed E-state index contributed by atoms with van der Waals surface area (Å²) in [4.78, 5) is 34.9. The van der Waals surface area contributed by atoms with E-state index in [1.165, 1.54) is 0 Å². The van der Waals surface area contributed by atoms with Crippen LogP contribution < -0.4 is 5.56 Å². The normalized spacial score (nSPS) is 18.5. The maximum absolute atomic E-state index is 13.7. The number of aromatic amines is 1. The van der Waals surface area contributed by atoms with Gasteiger partial charge in [-0.3, -0.25) is 14.5 Å². The van der Waals surface area contributed by atoms with Crippen LogP contribution in [0.1, 0.15) is 23.6 Å². The largest absolute Gasteiger partial charge is 0.321 e. The van der Waals surface area contributed by atoms with Gasteiger partial charge >= 0.3 is 0 Å². The van der Waals surface area contributed by atoms with Crippen LogP contribution in [0.3, 0.4) is 0 Å². The Morgan fingerprint density at radius 1 is 0.949 bits per heavy atom. The maximum Gasteiger partial charge on any atom is 0.258 e. The van der Waals surface area contributed by atoms with E-state index in [4.69, 9.17) is 16.7 Å². The average molecular weight is 540 g/mol. The molecular weight excluding hydrogens is 510 g/mol. The molecular formula is C31H30ClN5O2. The monoisotopic (exact) mass is 539 g/mol. The first-order chi connectivity index (χ1) is 19.0. The number of nitrogens with one attached hydrogen (secondary N) is 1. The summed E-state index contributed by atoms with van der Waals surface area (Å²) in [7, 11) is 2.10.